The van der Waals surface area contributed by atoms with Crippen molar-refractivity contribution in [1.82, 2.24) is 15.3 Å². The Morgan fingerprint density at radius 1 is 1.61 bits per heavy atom. The van der Waals surface area contributed by atoms with E-state index in [1.54, 1.807) is 12.4 Å². The zero-order valence-corrected chi connectivity index (χ0v) is 11.1. The predicted octanol–water partition coefficient (Wildman–Crippen LogP) is 0.447. The highest BCUT2D eigenvalue weighted by atomic mass is 32.1. The molecule has 0 bridgehead atoms. The maximum absolute atomic E-state index is 11.8. The van der Waals surface area contributed by atoms with Crippen LogP contribution < -0.4 is 21.2 Å². The fraction of sp³-hybridized carbons (Fsp3) is 0.222. The summed E-state index contributed by atoms with van der Waals surface area (Å²) in [5.41, 5.74) is 6.30. The Labute approximate surface area is 110 Å². The van der Waals surface area contributed by atoms with Gasteiger partial charge in [-0.2, -0.15) is 0 Å². The van der Waals surface area contributed by atoms with E-state index in [1.165, 1.54) is 11.3 Å². The van der Waals surface area contributed by atoms with Crippen LogP contribution in [0.4, 0.5) is 10.9 Å². The first-order chi connectivity index (χ1) is 8.60. The molecule has 0 atom stereocenters. The SMILES string of the molecule is CNc1nc(N)c(C(=O)NCc2csc(=O)[nH]2)s1. The van der Waals surface area contributed by atoms with E-state index in [0.717, 1.165) is 11.3 Å². The number of anilines is 2. The minimum Gasteiger partial charge on any atom is -0.382 e. The number of nitrogens with one attached hydrogen (secondary N) is 3. The number of nitrogens with zero attached hydrogens (tertiary/aromatic N) is 1. The number of nitrogens with two attached hydrogens (primary N) is 1. The number of aromatic nitrogens is 2. The summed E-state index contributed by atoms with van der Waals surface area (Å²) in [6.45, 7) is 0.254. The largest absolute Gasteiger partial charge is 0.382 e. The van der Waals surface area contributed by atoms with E-state index in [4.69, 9.17) is 5.73 Å². The number of H-pyrrole nitrogens is 1. The normalized spacial score (nSPS) is 10.3. The average molecular weight is 285 g/mol. The van der Waals surface area contributed by atoms with Crippen molar-refractivity contribution < 1.29 is 4.79 Å². The van der Waals surface area contributed by atoms with Gasteiger partial charge in [0.2, 0.25) is 0 Å². The molecule has 0 saturated carbocycles. The van der Waals surface area contributed by atoms with Crippen LogP contribution in [0, 0.1) is 0 Å². The molecular formula is C9H11N5O2S2. The summed E-state index contributed by atoms with van der Waals surface area (Å²) in [6, 6.07) is 0. The molecule has 2 heterocycles. The Balaban J connectivity index is 2.03. The van der Waals surface area contributed by atoms with E-state index in [1.807, 2.05) is 0 Å². The second-order valence-electron chi connectivity index (χ2n) is 3.34. The van der Waals surface area contributed by atoms with Crippen molar-refractivity contribution in [2.75, 3.05) is 18.1 Å². The third-order valence-electron chi connectivity index (χ3n) is 2.08. The lowest BCUT2D eigenvalue weighted by atomic mass is 10.4. The van der Waals surface area contributed by atoms with E-state index < -0.39 is 0 Å². The molecule has 0 aliphatic rings. The Bertz CT molecular complexity index is 615. The van der Waals surface area contributed by atoms with Gasteiger partial charge < -0.3 is 21.4 Å². The smallest absolute Gasteiger partial charge is 0.304 e. The van der Waals surface area contributed by atoms with Gasteiger partial charge in [0.25, 0.3) is 5.91 Å². The standard InChI is InChI=1S/C9H11N5O2S2/c1-11-8-14-6(10)5(18-8)7(15)12-2-4-3-17-9(16)13-4/h3H,2,10H2,1H3,(H,11,14)(H,12,15)(H,13,16). The van der Waals surface area contributed by atoms with Crippen LogP contribution in [0.2, 0.25) is 0 Å². The number of carbonyl (C=O) groups excluding carboxylic acids is 1. The van der Waals surface area contributed by atoms with E-state index >= 15 is 0 Å². The van der Waals surface area contributed by atoms with Crippen molar-refractivity contribution in [3.8, 4) is 0 Å². The number of carbonyl (C=O) groups is 1. The zero-order chi connectivity index (χ0) is 13.1. The maximum Gasteiger partial charge on any atom is 0.304 e. The number of thiazole rings is 2. The molecule has 2 rings (SSSR count). The number of rotatable bonds is 4. The molecule has 5 N–H and O–H groups in total. The van der Waals surface area contributed by atoms with Crippen LogP contribution in [0.5, 0.6) is 0 Å². The molecule has 96 valence electrons. The van der Waals surface area contributed by atoms with Gasteiger partial charge >= 0.3 is 4.87 Å². The Hall–Kier alpha value is -1.87. The summed E-state index contributed by atoms with van der Waals surface area (Å²) in [6.07, 6.45) is 0. The first-order valence-corrected chi connectivity index (χ1v) is 6.68. The van der Waals surface area contributed by atoms with Gasteiger partial charge in [-0.15, -0.1) is 0 Å². The Kier molecular flexibility index (Phi) is 3.63. The van der Waals surface area contributed by atoms with Crippen LogP contribution in [0.25, 0.3) is 0 Å². The lowest BCUT2D eigenvalue weighted by molar-refractivity contribution is 0.0955. The third kappa shape index (κ3) is 2.68. The van der Waals surface area contributed by atoms with Gasteiger partial charge in [0.1, 0.15) is 10.7 Å². The van der Waals surface area contributed by atoms with Crippen LogP contribution in [0.3, 0.4) is 0 Å². The number of amides is 1. The van der Waals surface area contributed by atoms with Gasteiger partial charge in [0, 0.05) is 18.1 Å². The second-order valence-corrected chi connectivity index (χ2v) is 5.18. The van der Waals surface area contributed by atoms with E-state index in [2.05, 4.69) is 20.6 Å². The molecule has 18 heavy (non-hydrogen) atoms. The molecule has 2 aromatic rings. The monoisotopic (exact) mass is 285 g/mol. The predicted molar refractivity (Wildman–Crippen MR) is 72.2 cm³/mol. The lowest BCUT2D eigenvalue weighted by Crippen LogP contribution is -2.23. The van der Waals surface area contributed by atoms with Gasteiger partial charge in [-0.1, -0.05) is 22.7 Å². The summed E-state index contributed by atoms with van der Waals surface area (Å²) in [7, 11) is 1.70. The molecule has 0 radical (unpaired) electrons. The minimum absolute atomic E-state index is 0.144. The van der Waals surface area contributed by atoms with Crippen molar-refractivity contribution in [2.24, 2.45) is 0 Å². The number of hydrogen-bond acceptors (Lipinski definition) is 7. The molecule has 0 aliphatic carbocycles. The van der Waals surface area contributed by atoms with Gasteiger partial charge in [-0.3, -0.25) is 9.59 Å². The Morgan fingerprint density at radius 2 is 2.39 bits per heavy atom. The van der Waals surface area contributed by atoms with Crippen LogP contribution in [0.15, 0.2) is 10.2 Å². The highest BCUT2D eigenvalue weighted by Crippen LogP contribution is 2.24. The Morgan fingerprint density at radius 3 is 2.94 bits per heavy atom. The second kappa shape index (κ2) is 5.19. The maximum atomic E-state index is 11.8. The fourth-order valence-corrected chi connectivity index (χ4v) is 2.59. The molecule has 9 heteroatoms. The van der Waals surface area contributed by atoms with Crippen molar-refractivity contribution >= 4 is 39.5 Å². The molecule has 1 amide bonds. The van der Waals surface area contributed by atoms with E-state index in [9.17, 15) is 9.59 Å². The van der Waals surface area contributed by atoms with Crippen molar-refractivity contribution in [2.45, 2.75) is 6.54 Å². The van der Waals surface area contributed by atoms with E-state index in [-0.39, 0.29) is 23.1 Å². The molecule has 0 aromatic carbocycles. The zero-order valence-electron chi connectivity index (χ0n) is 9.44. The first kappa shape index (κ1) is 12.6. The summed E-state index contributed by atoms with van der Waals surface area (Å²) in [5, 5.41) is 7.74. The summed E-state index contributed by atoms with van der Waals surface area (Å²) >= 11 is 2.24. The molecule has 7 nitrogen and oxygen atoms in total. The van der Waals surface area contributed by atoms with Gasteiger partial charge in [-0.25, -0.2) is 4.98 Å². The van der Waals surface area contributed by atoms with Crippen molar-refractivity contribution in [3.63, 3.8) is 0 Å². The number of hydrogen-bond donors (Lipinski definition) is 4. The van der Waals surface area contributed by atoms with Crippen LogP contribution in [-0.4, -0.2) is 22.9 Å². The highest BCUT2D eigenvalue weighted by Gasteiger charge is 2.15. The van der Waals surface area contributed by atoms with Crippen molar-refractivity contribution in [3.05, 3.63) is 25.6 Å². The van der Waals surface area contributed by atoms with Crippen LogP contribution >= 0.6 is 22.7 Å². The van der Waals surface area contributed by atoms with Gasteiger partial charge in [0.15, 0.2) is 5.13 Å². The summed E-state index contributed by atoms with van der Waals surface area (Å²) in [4.78, 5) is 29.6. The number of aromatic amines is 1. The molecule has 0 unspecified atom stereocenters. The average Bonchev–Trinajstić information content (AvgIpc) is 2.92. The highest BCUT2D eigenvalue weighted by molar-refractivity contribution is 7.18. The topological polar surface area (TPSA) is 113 Å². The fourth-order valence-electron chi connectivity index (χ4n) is 1.26. The molecular weight excluding hydrogens is 274 g/mol. The molecule has 0 saturated heterocycles. The molecule has 0 spiro atoms. The quantitative estimate of drug-likeness (QED) is 0.651. The molecule has 2 aromatic heterocycles. The van der Waals surface area contributed by atoms with Crippen LogP contribution in [-0.2, 0) is 6.54 Å². The molecule has 0 aliphatic heterocycles. The summed E-state index contributed by atoms with van der Waals surface area (Å²) < 4.78 is 0. The van der Waals surface area contributed by atoms with Gasteiger partial charge in [-0.05, 0) is 0 Å². The third-order valence-corrected chi connectivity index (χ3v) is 3.89. The van der Waals surface area contributed by atoms with Crippen molar-refractivity contribution in [1.29, 1.82) is 0 Å². The minimum atomic E-state index is -0.307. The van der Waals surface area contributed by atoms with E-state index in [0.29, 0.717) is 15.7 Å². The molecule has 0 fully saturated rings. The number of nitrogen functional groups attached to an aromatic ring is 1. The lowest BCUT2D eigenvalue weighted by Gasteiger charge is -2.01. The van der Waals surface area contributed by atoms with Gasteiger partial charge in [0.05, 0.1) is 6.54 Å². The van der Waals surface area contributed by atoms with Crippen LogP contribution in [0.1, 0.15) is 15.4 Å². The first-order valence-electron chi connectivity index (χ1n) is 4.99. The summed E-state index contributed by atoms with van der Waals surface area (Å²) in [5.74, 6) is -0.112.